The van der Waals surface area contributed by atoms with Crippen molar-refractivity contribution in [1.82, 2.24) is 14.7 Å². The summed E-state index contributed by atoms with van der Waals surface area (Å²) in [5, 5.41) is 4.11. The van der Waals surface area contributed by atoms with Gasteiger partial charge in [0.1, 0.15) is 17.1 Å². The zero-order valence-electron chi connectivity index (χ0n) is 22.6. The number of benzene rings is 2. The van der Waals surface area contributed by atoms with Crippen LogP contribution in [0.1, 0.15) is 68.8 Å². The van der Waals surface area contributed by atoms with Crippen LogP contribution in [0, 0.1) is 25.5 Å². The van der Waals surface area contributed by atoms with Crippen LogP contribution in [-0.4, -0.2) is 33.8 Å². The highest BCUT2D eigenvalue weighted by atomic mass is 19.2. The van der Waals surface area contributed by atoms with Gasteiger partial charge in [0.15, 0.2) is 11.6 Å². The number of imidazole rings is 1. The number of nitrogens with zero attached hydrogens (tertiary/aromatic N) is 4. The van der Waals surface area contributed by atoms with E-state index in [-0.39, 0.29) is 18.1 Å². The molecule has 2 aromatic heterocycles. The van der Waals surface area contributed by atoms with Crippen LogP contribution in [-0.2, 0) is 15.1 Å². The first-order valence-corrected chi connectivity index (χ1v) is 13.5. The molecule has 0 radical (unpaired) electrons. The standard InChI is InChI=1S/C30H32F2N4O3/c1-17-28(18(2)39-34-17)19-5-12-26-25(15-19)33-29(35(26)20-6-9-22(38-4)10-7-20)30(3)14-13-27(37)36(30)21-8-11-23(31)24(32)16-21/h5,8,11-12,15-16,20,22H,6-7,9-10,13-14H2,1-4H3. The van der Waals surface area contributed by atoms with Crippen molar-refractivity contribution in [2.75, 3.05) is 12.0 Å². The molecule has 2 aliphatic rings. The van der Waals surface area contributed by atoms with E-state index in [0.717, 1.165) is 77.3 Å². The molecule has 2 fully saturated rings. The molecule has 0 bridgehead atoms. The predicted octanol–water partition coefficient (Wildman–Crippen LogP) is 6.76. The van der Waals surface area contributed by atoms with Crippen LogP contribution in [0.25, 0.3) is 22.2 Å². The molecule has 4 aromatic rings. The topological polar surface area (TPSA) is 73.4 Å². The molecule has 2 aromatic carbocycles. The van der Waals surface area contributed by atoms with Gasteiger partial charge in [-0.15, -0.1) is 0 Å². The zero-order valence-corrected chi connectivity index (χ0v) is 22.6. The van der Waals surface area contributed by atoms with Gasteiger partial charge in [0.05, 0.1) is 22.8 Å². The lowest BCUT2D eigenvalue weighted by Gasteiger charge is -2.38. The number of halogens is 2. The lowest BCUT2D eigenvalue weighted by atomic mass is 9.90. The molecule has 7 nitrogen and oxygen atoms in total. The molecule has 9 heteroatoms. The van der Waals surface area contributed by atoms with Gasteiger partial charge in [0.25, 0.3) is 0 Å². The highest BCUT2D eigenvalue weighted by Crippen LogP contribution is 2.46. The Morgan fingerprint density at radius 2 is 1.82 bits per heavy atom. The highest BCUT2D eigenvalue weighted by molar-refractivity contribution is 5.97. The van der Waals surface area contributed by atoms with Crippen LogP contribution in [0.2, 0.25) is 0 Å². The van der Waals surface area contributed by atoms with E-state index in [1.54, 1.807) is 12.0 Å². The summed E-state index contributed by atoms with van der Waals surface area (Å²) in [6, 6.07) is 9.99. The summed E-state index contributed by atoms with van der Waals surface area (Å²) in [4.78, 5) is 20.0. The Morgan fingerprint density at radius 1 is 1.05 bits per heavy atom. The fourth-order valence-electron chi connectivity index (χ4n) is 6.55. The first kappa shape index (κ1) is 25.7. The Hall–Kier alpha value is -3.59. The third kappa shape index (κ3) is 4.14. The maximum Gasteiger partial charge on any atom is 0.227 e. The molecule has 1 saturated carbocycles. The Bertz CT molecular complexity index is 1550. The van der Waals surface area contributed by atoms with Gasteiger partial charge < -0.3 is 13.8 Å². The number of aromatic nitrogens is 3. The Morgan fingerprint density at radius 3 is 2.49 bits per heavy atom. The van der Waals surface area contributed by atoms with Gasteiger partial charge in [-0.25, -0.2) is 13.8 Å². The van der Waals surface area contributed by atoms with Crippen LogP contribution < -0.4 is 4.90 Å². The number of methoxy groups -OCH3 is 1. The molecule has 1 aliphatic heterocycles. The van der Waals surface area contributed by atoms with Crippen molar-refractivity contribution >= 4 is 22.6 Å². The van der Waals surface area contributed by atoms with Gasteiger partial charge >= 0.3 is 0 Å². The summed E-state index contributed by atoms with van der Waals surface area (Å²) in [7, 11) is 1.75. The van der Waals surface area contributed by atoms with Crippen molar-refractivity contribution in [3.8, 4) is 11.1 Å². The second kappa shape index (κ2) is 9.55. The number of hydrogen-bond donors (Lipinski definition) is 0. The summed E-state index contributed by atoms with van der Waals surface area (Å²) >= 11 is 0. The monoisotopic (exact) mass is 534 g/mol. The largest absolute Gasteiger partial charge is 0.381 e. The van der Waals surface area contributed by atoms with E-state index < -0.39 is 17.2 Å². The summed E-state index contributed by atoms with van der Waals surface area (Å²) in [6.45, 7) is 5.79. The molecule has 1 amide bonds. The number of carbonyl (C=O) groups is 1. The van der Waals surface area contributed by atoms with Crippen LogP contribution in [0.3, 0.4) is 0 Å². The van der Waals surface area contributed by atoms with Crippen LogP contribution in [0.15, 0.2) is 40.9 Å². The van der Waals surface area contributed by atoms with Crippen molar-refractivity contribution in [3.05, 3.63) is 65.3 Å². The molecule has 1 unspecified atom stereocenters. The average Bonchev–Trinajstić information content (AvgIpc) is 3.58. The number of aryl methyl sites for hydroxylation is 2. The Balaban J connectivity index is 1.53. The fourth-order valence-corrected chi connectivity index (χ4v) is 6.55. The molecule has 0 N–H and O–H groups in total. The number of fused-ring (bicyclic) bond motifs is 1. The summed E-state index contributed by atoms with van der Waals surface area (Å²) < 4.78 is 41.4. The molecular formula is C30H32F2N4O3. The number of hydrogen-bond acceptors (Lipinski definition) is 5. The molecule has 204 valence electrons. The van der Waals surface area contributed by atoms with Crippen LogP contribution in [0.4, 0.5) is 14.5 Å². The summed E-state index contributed by atoms with van der Waals surface area (Å²) in [6.07, 6.45) is 4.72. The molecule has 6 rings (SSSR count). The third-order valence-corrected chi connectivity index (χ3v) is 8.57. The van der Waals surface area contributed by atoms with E-state index in [2.05, 4.69) is 21.9 Å². The first-order chi connectivity index (χ1) is 18.7. The predicted molar refractivity (Wildman–Crippen MR) is 143 cm³/mol. The lowest BCUT2D eigenvalue weighted by molar-refractivity contribution is -0.117. The second-order valence-corrected chi connectivity index (χ2v) is 11.0. The number of anilines is 1. The van der Waals surface area contributed by atoms with Crippen molar-refractivity contribution in [1.29, 1.82) is 0 Å². The Labute approximate surface area is 225 Å². The lowest BCUT2D eigenvalue weighted by Crippen LogP contribution is -2.44. The molecular weight excluding hydrogens is 502 g/mol. The summed E-state index contributed by atoms with van der Waals surface area (Å²) in [5.74, 6) is -0.570. The minimum absolute atomic E-state index is 0.137. The Kier molecular flexibility index (Phi) is 6.29. The highest BCUT2D eigenvalue weighted by Gasteiger charge is 2.48. The molecule has 0 spiro atoms. The van der Waals surface area contributed by atoms with E-state index in [9.17, 15) is 13.6 Å². The van der Waals surface area contributed by atoms with E-state index in [1.165, 1.54) is 6.07 Å². The minimum Gasteiger partial charge on any atom is -0.381 e. The molecule has 1 atom stereocenters. The van der Waals surface area contributed by atoms with Gasteiger partial charge in [-0.3, -0.25) is 9.69 Å². The third-order valence-electron chi connectivity index (χ3n) is 8.57. The summed E-state index contributed by atoms with van der Waals surface area (Å²) in [5.41, 5.74) is 3.98. The second-order valence-electron chi connectivity index (χ2n) is 11.0. The van der Waals surface area contributed by atoms with E-state index in [0.29, 0.717) is 18.5 Å². The van der Waals surface area contributed by atoms with E-state index >= 15 is 0 Å². The SMILES string of the molecule is COC1CCC(n2c(C3(C)CCC(=O)N3c3ccc(F)c(F)c3)nc3cc(-c4c(C)noc4C)ccc32)CC1. The molecule has 1 saturated heterocycles. The van der Waals surface area contributed by atoms with Gasteiger partial charge in [-0.1, -0.05) is 11.2 Å². The van der Waals surface area contributed by atoms with E-state index in [1.807, 2.05) is 26.8 Å². The van der Waals surface area contributed by atoms with Gasteiger partial charge in [0, 0.05) is 36.9 Å². The van der Waals surface area contributed by atoms with Gasteiger partial charge in [-0.2, -0.15) is 0 Å². The van der Waals surface area contributed by atoms with Crippen molar-refractivity contribution in [2.24, 2.45) is 0 Å². The molecule has 39 heavy (non-hydrogen) atoms. The fraction of sp³-hybridized carbons (Fsp3) is 0.433. The molecule has 1 aliphatic carbocycles. The maximum absolute atomic E-state index is 14.3. The number of carbonyl (C=O) groups excluding carboxylic acids is 1. The quantitative estimate of drug-likeness (QED) is 0.283. The van der Waals surface area contributed by atoms with Crippen molar-refractivity contribution < 1.29 is 22.8 Å². The first-order valence-electron chi connectivity index (χ1n) is 13.5. The number of amides is 1. The minimum atomic E-state index is -0.981. The maximum atomic E-state index is 14.3. The van der Waals surface area contributed by atoms with Crippen molar-refractivity contribution in [2.45, 2.75) is 77.0 Å². The zero-order chi connectivity index (χ0) is 27.5. The average molecular weight is 535 g/mol. The van der Waals surface area contributed by atoms with Crippen LogP contribution >= 0.6 is 0 Å². The number of ether oxygens (including phenoxy) is 1. The van der Waals surface area contributed by atoms with E-state index in [4.69, 9.17) is 14.2 Å². The van der Waals surface area contributed by atoms with Crippen molar-refractivity contribution in [3.63, 3.8) is 0 Å². The number of rotatable bonds is 5. The smallest absolute Gasteiger partial charge is 0.227 e. The van der Waals surface area contributed by atoms with Crippen LogP contribution in [0.5, 0.6) is 0 Å². The molecule has 3 heterocycles. The van der Waals surface area contributed by atoms with Gasteiger partial charge in [-0.05, 0) is 82.7 Å². The van der Waals surface area contributed by atoms with Gasteiger partial charge in [0.2, 0.25) is 5.91 Å². The normalized spacial score (nSPS) is 23.7.